The molecule has 0 N–H and O–H groups in total. The van der Waals surface area contributed by atoms with Crippen molar-refractivity contribution in [1.82, 2.24) is 0 Å². The Morgan fingerprint density at radius 3 is 1.77 bits per heavy atom. The van der Waals surface area contributed by atoms with Crippen LogP contribution >= 0.6 is 22.7 Å². The van der Waals surface area contributed by atoms with Gasteiger partial charge in [0.2, 0.25) is 0 Å². The molecule has 2 heteroatoms. The van der Waals surface area contributed by atoms with Gasteiger partial charge >= 0.3 is 0 Å². The average Bonchev–Trinajstić information content (AvgIpc) is 3.11. The third kappa shape index (κ3) is 2.80. The highest BCUT2D eigenvalue weighted by molar-refractivity contribution is 7.22. The maximum Gasteiger partial charge on any atom is 0.0486 e. The summed E-state index contributed by atoms with van der Waals surface area (Å²) in [7, 11) is 0. The van der Waals surface area contributed by atoms with Gasteiger partial charge in [-0.1, -0.05) is 53.9 Å². The molecule has 0 aliphatic heterocycles. The molecule has 3 rings (SSSR count). The number of rotatable bonds is 6. The van der Waals surface area contributed by atoms with E-state index in [1.54, 1.807) is 30.6 Å². The molecular formula is C20H28S2. The van der Waals surface area contributed by atoms with Crippen molar-refractivity contribution in [1.29, 1.82) is 0 Å². The second kappa shape index (κ2) is 6.49. The molecule has 0 bridgehead atoms. The fourth-order valence-corrected chi connectivity index (χ4v) is 5.99. The van der Waals surface area contributed by atoms with Crippen LogP contribution in [-0.4, -0.2) is 0 Å². The molecule has 1 aliphatic rings. The fourth-order valence-electron chi connectivity index (χ4n) is 3.37. The number of thiophene rings is 2. The second-order valence-corrected chi connectivity index (χ2v) is 9.39. The minimum absolute atomic E-state index is 0.653. The van der Waals surface area contributed by atoms with Crippen molar-refractivity contribution in [3.63, 3.8) is 0 Å². The van der Waals surface area contributed by atoms with E-state index in [9.17, 15) is 0 Å². The van der Waals surface area contributed by atoms with Crippen LogP contribution < -0.4 is 0 Å². The van der Waals surface area contributed by atoms with Crippen LogP contribution in [0.4, 0.5) is 0 Å². The van der Waals surface area contributed by atoms with Gasteiger partial charge in [-0.15, -0.1) is 22.7 Å². The third-order valence-electron chi connectivity index (χ3n) is 4.75. The van der Waals surface area contributed by atoms with Crippen molar-refractivity contribution < 1.29 is 0 Å². The smallest absolute Gasteiger partial charge is 0.0486 e. The van der Waals surface area contributed by atoms with Crippen LogP contribution in [0.3, 0.4) is 0 Å². The molecule has 1 aliphatic carbocycles. The highest BCUT2D eigenvalue weighted by atomic mass is 32.1. The minimum atomic E-state index is 0.653. The molecule has 2 aromatic heterocycles. The van der Waals surface area contributed by atoms with Gasteiger partial charge in [0.15, 0.2) is 0 Å². The highest BCUT2D eigenvalue weighted by Crippen LogP contribution is 2.55. The quantitative estimate of drug-likeness (QED) is 0.474. The lowest BCUT2D eigenvalue weighted by atomic mass is 9.92. The van der Waals surface area contributed by atoms with E-state index in [2.05, 4.69) is 69.4 Å². The lowest BCUT2D eigenvalue weighted by molar-refractivity contribution is 0.625. The maximum absolute atomic E-state index is 2.52. The van der Waals surface area contributed by atoms with Gasteiger partial charge < -0.3 is 0 Å². The molecule has 120 valence electrons. The van der Waals surface area contributed by atoms with Crippen molar-refractivity contribution in [3.05, 3.63) is 33.0 Å². The van der Waals surface area contributed by atoms with Crippen LogP contribution in [0.25, 0.3) is 9.75 Å². The first-order valence-electron chi connectivity index (χ1n) is 8.80. The number of fused-ring (bicyclic) bond motifs is 3. The summed E-state index contributed by atoms with van der Waals surface area (Å²) in [4.78, 5) is 6.32. The Morgan fingerprint density at radius 1 is 0.864 bits per heavy atom. The molecular weight excluding hydrogens is 304 g/mol. The first kappa shape index (κ1) is 16.3. The molecule has 0 atom stereocenters. The standard InChI is InChI=1S/C20H28S2/c1-6-7-8-9-14-15-10-17(12(2)3)21-19(15)20-16(14)11-18(22-20)13(4)5/h10-14H,6-9H2,1-5H3. The van der Waals surface area contributed by atoms with Gasteiger partial charge in [-0.3, -0.25) is 0 Å². The van der Waals surface area contributed by atoms with Crippen molar-refractivity contribution in [2.75, 3.05) is 0 Å². The molecule has 0 amide bonds. The zero-order chi connectivity index (χ0) is 15.9. The van der Waals surface area contributed by atoms with Crippen LogP contribution in [0, 0.1) is 0 Å². The van der Waals surface area contributed by atoms with Crippen LogP contribution in [0.2, 0.25) is 0 Å². The molecule has 0 nitrogen and oxygen atoms in total. The molecule has 0 saturated heterocycles. The summed E-state index contributed by atoms with van der Waals surface area (Å²) >= 11 is 4.10. The topological polar surface area (TPSA) is 0 Å². The number of unbranched alkanes of at least 4 members (excludes halogenated alkanes) is 2. The van der Waals surface area contributed by atoms with Gasteiger partial charge in [0.1, 0.15) is 0 Å². The molecule has 0 aromatic carbocycles. The first-order valence-corrected chi connectivity index (χ1v) is 10.4. The summed E-state index contributed by atoms with van der Waals surface area (Å²) in [5, 5.41) is 0. The molecule has 2 heterocycles. The van der Waals surface area contributed by atoms with Crippen LogP contribution in [0.5, 0.6) is 0 Å². The van der Waals surface area contributed by atoms with E-state index in [-0.39, 0.29) is 0 Å². The van der Waals surface area contributed by atoms with Crippen LogP contribution in [0.1, 0.15) is 98.9 Å². The predicted molar refractivity (Wildman–Crippen MR) is 102 cm³/mol. The molecule has 0 radical (unpaired) electrons. The third-order valence-corrected chi connectivity index (χ3v) is 7.82. The fraction of sp³-hybridized carbons (Fsp3) is 0.600. The normalized spacial score (nSPS) is 14.1. The van der Waals surface area contributed by atoms with E-state index in [0.29, 0.717) is 17.8 Å². The van der Waals surface area contributed by atoms with Crippen molar-refractivity contribution in [3.8, 4) is 9.75 Å². The number of hydrogen-bond acceptors (Lipinski definition) is 2. The summed E-state index contributed by atoms with van der Waals surface area (Å²) in [6.07, 6.45) is 5.37. The van der Waals surface area contributed by atoms with Crippen LogP contribution in [-0.2, 0) is 0 Å². The maximum atomic E-state index is 2.52. The Hall–Kier alpha value is -0.600. The summed E-state index contributed by atoms with van der Waals surface area (Å²) in [6, 6.07) is 5.03. The van der Waals surface area contributed by atoms with E-state index in [0.717, 1.165) is 0 Å². The first-order chi connectivity index (χ1) is 10.5. The summed E-state index contributed by atoms with van der Waals surface area (Å²) < 4.78 is 0. The minimum Gasteiger partial charge on any atom is -0.139 e. The van der Waals surface area contributed by atoms with E-state index in [4.69, 9.17) is 0 Å². The van der Waals surface area contributed by atoms with Gasteiger partial charge in [0.05, 0.1) is 0 Å². The number of hydrogen-bond donors (Lipinski definition) is 0. The molecule has 0 fully saturated rings. The Morgan fingerprint density at radius 2 is 1.36 bits per heavy atom. The highest BCUT2D eigenvalue weighted by Gasteiger charge is 2.33. The SMILES string of the molecule is CCCCCC1c2cc(C(C)C)sc2-c2sc(C(C)C)cc21. The Bertz CT molecular complexity index is 590. The molecule has 0 spiro atoms. The van der Waals surface area contributed by atoms with Gasteiger partial charge in [-0.25, -0.2) is 0 Å². The molecule has 2 aromatic rings. The Labute approximate surface area is 143 Å². The van der Waals surface area contributed by atoms with E-state index in [1.807, 2.05) is 0 Å². The summed E-state index contributed by atoms with van der Waals surface area (Å²) in [6.45, 7) is 11.6. The van der Waals surface area contributed by atoms with E-state index in [1.165, 1.54) is 25.7 Å². The van der Waals surface area contributed by atoms with Crippen molar-refractivity contribution in [2.24, 2.45) is 0 Å². The predicted octanol–water partition coefficient (Wildman–Crippen LogP) is 7.75. The second-order valence-electron chi connectivity index (χ2n) is 7.22. The monoisotopic (exact) mass is 332 g/mol. The van der Waals surface area contributed by atoms with Crippen LogP contribution in [0.15, 0.2) is 12.1 Å². The van der Waals surface area contributed by atoms with Gasteiger partial charge in [0.25, 0.3) is 0 Å². The Balaban J connectivity index is 2.00. The molecule has 0 saturated carbocycles. The zero-order valence-corrected chi connectivity index (χ0v) is 16.2. The summed E-state index contributed by atoms with van der Waals surface area (Å²) in [5.41, 5.74) is 3.28. The van der Waals surface area contributed by atoms with E-state index < -0.39 is 0 Å². The van der Waals surface area contributed by atoms with Gasteiger partial charge in [-0.2, -0.15) is 0 Å². The largest absolute Gasteiger partial charge is 0.139 e. The lowest BCUT2D eigenvalue weighted by Gasteiger charge is -2.12. The summed E-state index contributed by atoms with van der Waals surface area (Å²) in [5.74, 6) is 1.98. The van der Waals surface area contributed by atoms with Gasteiger partial charge in [0, 0.05) is 25.4 Å². The van der Waals surface area contributed by atoms with Gasteiger partial charge in [-0.05, 0) is 41.5 Å². The Kier molecular flexibility index (Phi) is 4.80. The van der Waals surface area contributed by atoms with Crippen molar-refractivity contribution in [2.45, 2.75) is 78.1 Å². The lowest BCUT2D eigenvalue weighted by Crippen LogP contribution is -1.96. The molecule has 22 heavy (non-hydrogen) atoms. The van der Waals surface area contributed by atoms with Crippen molar-refractivity contribution >= 4 is 22.7 Å². The van der Waals surface area contributed by atoms with E-state index >= 15 is 0 Å². The molecule has 0 unspecified atom stereocenters. The average molecular weight is 333 g/mol. The zero-order valence-electron chi connectivity index (χ0n) is 14.5.